The molecule has 90 valence electrons. The summed E-state index contributed by atoms with van der Waals surface area (Å²) in [5.41, 5.74) is 0. The smallest absolute Gasteiger partial charge is 0.304 e. The van der Waals surface area contributed by atoms with E-state index in [1.165, 1.54) is 0 Å². The molecular weight excluding hydrogens is 218 g/mol. The number of sulfonamides is 1. The zero-order valence-corrected chi connectivity index (χ0v) is 10.2. The average molecular weight is 237 g/mol. The number of carboxylic acids is 1. The van der Waals surface area contributed by atoms with E-state index in [0.717, 1.165) is 0 Å². The molecule has 0 amide bonds. The first-order valence-electron chi connectivity index (χ1n) is 5.00. The number of hydrogen-bond acceptors (Lipinski definition) is 3. The lowest BCUT2D eigenvalue weighted by molar-refractivity contribution is -0.136. The second-order valence-electron chi connectivity index (χ2n) is 3.84. The van der Waals surface area contributed by atoms with E-state index in [9.17, 15) is 13.2 Å². The van der Waals surface area contributed by atoms with Crippen molar-refractivity contribution in [3.63, 3.8) is 0 Å². The summed E-state index contributed by atoms with van der Waals surface area (Å²) in [6, 6.07) is -0.121. The van der Waals surface area contributed by atoms with E-state index >= 15 is 0 Å². The van der Waals surface area contributed by atoms with E-state index in [0.29, 0.717) is 6.42 Å². The van der Waals surface area contributed by atoms with Crippen molar-refractivity contribution >= 4 is 16.0 Å². The molecule has 0 saturated carbocycles. The quantitative estimate of drug-likeness (QED) is 0.686. The minimum absolute atomic E-state index is 0.121. The van der Waals surface area contributed by atoms with E-state index in [1.807, 2.05) is 20.8 Å². The normalized spacial score (nSPS) is 14.1. The minimum Gasteiger partial charge on any atom is -0.481 e. The van der Waals surface area contributed by atoms with E-state index in [4.69, 9.17) is 5.11 Å². The molecule has 1 unspecified atom stereocenters. The van der Waals surface area contributed by atoms with Gasteiger partial charge in [-0.25, -0.2) is 13.1 Å². The molecule has 0 aliphatic rings. The molecule has 0 aliphatic heterocycles. The Balaban J connectivity index is 4.29. The fourth-order valence-corrected chi connectivity index (χ4v) is 2.66. The lowest BCUT2D eigenvalue weighted by atomic mass is 10.0. The number of rotatable bonds is 7. The second-order valence-corrected chi connectivity index (χ2v) is 5.71. The van der Waals surface area contributed by atoms with Gasteiger partial charge in [-0.15, -0.1) is 0 Å². The Morgan fingerprint density at radius 2 is 1.93 bits per heavy atom. The Morgan fingerprint density at radius 3 is 2.27 bits per heavy atom. The summed E-state index contributed by atoms with van der Waals surface area (Å²) in [4.78, 5) is 10.2. The van der Waals surface area contributed by atoms with E-state index in [1.54, 1.807) is 0 Å². The molecule has 0 fully saturated rings. The number of nitrogens with one attached hydrogen (secondary N) is 1. The van der Waals surface area contributed by atoms with Gasteiger partial charge in [-0.2, -0.15) is 0 Å². The first-order chi connectivity index (χ1) is 6.78. The number of aliphatic carboxylic acids is 1. The van der Waals surface area contributed by atoms with Gasteiger partial charge >= 0.3 is 5.97 Å². The van der Waals surface area contributed by atoms with Crippen LogP contribution in [-0.2, 0) is 14.8 Å². The Morgan fingerprint density at radius 1 is 1.40 bits per heavy atom. The van der Waals surface area contributed by atoms with Gasteiger partial charge in [0.2, 0.25) is 10.0 Å². The van der Waals surface area contributed by atoms with E-state index in [-0.39, 0.29) is 24.1 Å². The maximum atomic E-state index is 11.4. The molecule has 0 heterocycles. The van der Waals surface area contributed by atoms with Crippen molar-refractivity contribution in [3.8, 4) is 0 Å². The van der Waals surface area contributed by atoms with Gasteiger partial charge < -0.3 is 5.11 Å². The third-order valence-corrected chi connectivity index (χ3v) is 3.56. The van der Waals surface area contributed by atoms with Crippen LogP contribution in [0.3, 0.4) is 0 Å². The van der Waals surface area contributed by atoms with Crippen molar-refractivity contribution < 1.29 is 18.3 Å². The van der Waals surface area contributed by atoms with Crippen molar-refractivity contribution in [3.05, 3.63) is 0 Å². The van der Waals surface area contributed by atoms with Crippen molar-refractivity contribution in [2.75, 3.05) is 5.75 Å². The van der Waals surface area contributed by atoms with Crippen LogP contribution in [0.2, 0.25) is 0 Å². The number of carbonyl (C=O) groups is 1. The Hall–Kier alpha value is -0.620. The van der Waals surface area contributed by atoms with Gasteiger partial charge in [-0.05, 0) is 12.3 Å². The van der Waals surface area contributed by atoms with Gasteiger partial charge in [-0.1, -0.05) is 20.8 Å². The third kappa shape index (κ3) is 6.46. The Bertz CT molecular complexity index is 297. The van der Waals surface area contributed by atoms with Crippen molar-refractivity contribution in [1.29, 1.82) is 0 Å². The predicted octanol–water partition coefficient (Wildman–Crippen LogP) is 0.815. The Kier molecular flexibility index (Phi) is 5.82. The van der Waals surface area contributed by atoms with Gasteiger partial charge in [0.25, 0.3) is 0 Å². The monoisotopic (exact) mass is 237 g/mol. The summed E-state index contributed by atoms with van der Waals surface area (Å²) >= 11 is 0. The molecule has 0 radical (unpaired) electrons. The zero-order valence-electron chi connectivity index (χ0n) is 9.36. The summed E-state index contributed by atoms with van der Waals surface area (Å²) in [6.45, 7) is 5.74. The molecule has 0 aromatic rings. The summed E-state index contributed by atoms with van der Waals surface area (Å²) in [6.07, 6.45) is 0.341. The number of carboxylic acid groups (broad SMARTS) is 1. The third-order valence-electron chi connectivity index (χ3n) is 2.16. The molecule has 1 atom stereocenters. The van der Waals surface area contributed by atoms with Crippen LogP contribution in [0.15, 0.2) is 0 Å². The molecular formula is C9H19NO4S. The highest BCUT2D eigenvalue weighted by atomic mass is 32.2. The van der Waals surface area contributed by atoms with Crippen LogP contribution in [0.25, 0.3) is 0 Å². The SMILES string of the molecule is CCC(NS(=O)(=O)CCC(=O)O)C(C)C. The van der Waals surface area contributed by atoms with Gasteiger partial charge in [0, 0.05) is 6.04 Å². The van der Waals surface area contributed by atoms with Crippen molar-refractivity contribution in [2.24, 2.45) is 5.92 Å². The standard InChI is InChI=1S/C9H19NO4S/c1-4-8(7(2)3)10-15(13,14)6-5-9(11)12/h7-8,10H,4-6H2,1-3H3,(H,11,12). The lowest BCUT2D eigenvalue weighted by Gasteiger charge is -2.20. The van der Waals surface area contributed by atoms with Crippen LogP contribution in [0, 0.1) is 5.92 Å². The van der Waals surface area contributed by atoms with Gasteiger partial charge in [0.05, 0.1) is 12.2 Å². The maximum Gasteiger partial charge on any atom is 0.304 e. The molecule has 0 spiro atoms. The summed E-state index contributed by atoms with van der Waals surface area (Å²) in [5.74, 6) is -1.25. The molecule has 0 aliphatic carbocycles. The highest BCUT2D eigenvalue weighted by molar-refractivity contribution is 7.89. The zero-order chi connectivity index (χ0) is 12.1. The summed E-state index contributed by atoms with van der Waals surface area (Å²) < 4.78 is 25.4. The van der Waals surface area contributed by atoms with Crippen molar-refractivity contribution in [1.82, 2.24) is 4.72 Å². The van der Waals surface area contributed by atoms with E-state index in [2.05, 4.69) is 4.72 Å². The first-order valence-corrected chi connectivity index (χ1v) is 6.65. The van der Waals surface area contributed by atoms with Crippen LogP contribution in [0.5, 0.6) is 0 Å². The summed E-state index contributed by atoms with van der Waals surface area (Å²) in [7, 11) is -3.46. The molecule has 15 heavy (non-hydrogen) atoms. The van der Waals surface area contributed by atoms with Crippen LogP contribution in [-0.4, -0.2) is 31.3 Å². The van der Waals surface area contributed by atoms with Crippen LogP contribution in [0.4, 0.5) is 0 Å². The van der Waals surface area contributed by atoms with Crippen LogP contribution < -0.4 is 4.72 Å². The molecule has 2 N–H and O–H groups in total. The second kappa shape index (κ2) is 6.07. The molecule has 0 aromatic heterocycles. The molecule has 6 heteroatoms. The molecule has 0 bridgehead atoms. The summed E-state index contributed by atoms with van der Waals surface area (Å²) in [5, 5.41) is 8.39. The molecule has 0 rings (SSSR count). The lowest BCUT2D eigenvalue weighted by Crippen LogP contribution is -2.39. The average Bonchev–Trinajstić information content (AvgIpc) is 2.11. The fourth-order valence-electron chi connectivity index (χ4n) is 1.20. The molecule has 0 saturated heterocycles. The highest BCUT2D eigenvalue weighted by Crippen LogP contribution is 2.07. The molecule has 5 nitrogen and oxygen atoms in total. The van der Waals surface area contributed by atoms with Crippen LogP contribution in [0.1, 0.15) is 33.6 Å². The van der Waals surface area contributed by atoms with Crippen molar-refractivity contribution in [2.45, 2.75) is 39.7 Å². The fraction of sp³-hybridized carbons (Fsp3) is 0.889. The van der Waals surface area contributed by atoms with Gasteiger partial charge in [0.1, 0.15) is 0 Å². The van der Waals surface area contributed by atoms with Crippen LogP contribution >= 0.6 is 0 Å². The topological polar surface area (TPSA) is 83.5 Å². The minimum atomic E-state index is -3.46. The van der Waals surface area contributed by atoms with Gasteiger partial charge in [-0.3, -0.25) is 4.79 Å². The first kappa shape index (κ1) is 14.4. The highest BCUT2D eigenvalue weighted by Gasteiger charge is 2.19. The Labute approximate surface area is 90.9 Å². The largest absolute Gasteiger partial charge is 0.481 e. The maximum absolute atomic E-state index is 11.4. The number of hydrogen-bond donors (Lipinski definition) is 2. The molecule has 0 aromatic carbocycles. The predicted molar refractivity (Wildman–Crippen MR) is 58.1 cm³/mol. The van der Waals surface area contributed by atoms with Gasteiger partial charge in [0.15, 0.2) is 0 Å². The van der Waals surface area contributed by atoms with E-state index < -0.39 is 16.0 Å².